The number of hydrogen-bond acceptors (Lipinski definition) is 4. The van der Waals surface area contributed by atoms with Gasteiger partial charge in [-0.15, -0.1) is 0 Å². The fourth-order valence-corrected chi connectivity index (χ4v) is 0.779. The standard InChI is InChI=1S/C7H4FN3O2/c8-6-3-5(11(12)13)1-2-7(6)10-4-9/h1-3,10H. The van der Waals surface area contributed by atoms with Crippen molar-refractivity contribution in [2.75, 3.05) is 5.32 Å². The second kappa shape index (κ2) is 3.49. The highest BCUT2D eigenvalue weighted by Gasteiger charge is 2.09. The Morgan fingerprint density at radius 2 is 2.31 bits per heavy atom. The molecule has 0 atom stereocenters. The zero-order valence-electron chi connectivity index (χ0n) is 6.32. The largest absolute Gasteiger partial charge is 0.290 e. The van der Waals surface area contributed by atoms with E-state index in [1.54, 1.807) is 0 Å². The van der Waals surface area contributed by atoms with E-state index >= 15 is 0 Å². The normalized spacial score (nSPS) is 8.92. The summed E-state index contributed by atoms with van der Waals surface area (Å²) in [4.78, 5) is 9.47. The van der Waals surface area contributed by atoms with Crippen LogP contribution < -0.4 is 5.32 Å². The van der Waals surface area contributed by atoms with Crippen LogP contribution in [0.5, 0.6) is 0 Å². The maximum absolute atomic E-state index is 12.9. The maximum Gasteiger partial charge on any atom is 0.272 e. The van der Waals surface area contributed by atoms with E-state index in [9.17, 15) is 14.5 Å². The minimum atomic E-state index is -0.823. The number of hydrogen-bond donors (Lipinski definition) is 1. The number of nitrogens with zero attached hydrogens (tertiary/aromatic N) is 2. The van der Waals surface area contributed by atoms with Gasteiger partial charge in [0.25, 0.3) is 5.69 Å². The molecule has 0 unspecified atom stereocenters. The molecule has 0 fully saturated rings. The summed E-state index contributed by atoms with van der Waals surface area (Å²) >= 11 is 0. The van der Waals surface area contributed by atoms with Gasteiger partial charge in [0.2, 0.25) is 0 Å². The highest BCUT2D eigenvalue weighted by atomic mass is 19.1. The summed E-state index contributed by atoms with van der Waals surface area (Å²) in [5.41, 5.74) is -0.422. The Labute approximate surface area is 72.6 Å². The molecule has 0 aliphatic rings. The fourth-order valence-electron chi connectivity index (χ4n) is 0.779. The molecule has 13 heavy (non-hydrogen) atoms. The van der Waals surface area contributed by atoms with Crippen molar-refractivity contribution in [3.8, 4) is 6.19 Å². The van der Waals surface area contributed by atoms with Crippen molar-refractivity contribution in [3.63, 3.8) is 0 Å². The molecule has 1 aromatic rings. The lowest BCUT2D eigenvalue weighted by atomic mass is 10.3. The van der Waals surface area contributed by atoms with Gasteiger partial charge in [-0.2, -0.15) is 5.26 Å². The first kappa shape index (κ1) is 8.93. The number of nitro groups is 1. The molecule has 1 N–H and O–H groups in total. The van der Waals surface area contributed by atoms with Crippen LogP contribution in [0.15, 0.2) is 18.2 Å². The van der Waals surface area contributed by atoms with Gasteiger partial charge in [-0.3, -0.25) is 15.4 Å². The van der Waals surface area contributed by atoms with Crippen LogP contribution >= 0.6 is 0 Å². The SMILES string of the molecule is N#CNc1ccc([N+](=O)[O-])cc1F. The molecule has 0 saturated heterocycles. The van der Waals surface area contributed by atoms with Crippen molar-refractivity contribution in [2.24, 2.45) is 0 Å². The minimum absolute atomic E-state index is 0.0758. The number of nitro benzene ring substituents is 1. The number of nitrogens with one attached hydrogen (secondary N) is 1. The molecule has 0 aromatic heterocycles. The molecule has 66 valence electrons. The number of halogens is 1. The molecular formula is C7H4FN3O2. The monoisotopic (exact) mass is 181 g/mol. The van der Waals surface area contributed by atoms with E-state index in [2.05, 4.69) is 0 Å². The van der Waals surface area contributed by atoms with Crippen LogP contribution in [0.25, 0.3) is 0 Å². The van der Waals surface area contributed by atoms with Gasteiger partial charge >= 0.3 is 0 Å². The third-order valence-electron chi connectivity index (χ3n) is 1.35. The van der Waals surface area contributed by atoms with Gasteiger partial charge < -0.3 is 0 Å². The van der Waals surface area contributed by atoms with E-state index in [-0.39, 0.29) is 11.4 Å². The molecule has 5 nitrogen and oxygen atoms in total. The van der Waals surface area contributed by atoms with E-state index in [0.29, 0.717) is 0 Å². The summed E-state index contributed by atoms with van der Waals surface area (Å²) in [5.74, 6) is -0.823. The highest BCUT2D eigenvalue weighted by molar-refractivity contribution is 5.52. The topological polar surface area (TPSA) is 79.0 Å². The van der Waals surface area contributed by atoms with Crippen LogP contribution in [-0.4, -0.2) is 4.92 Å². The number of rotatable bonds is 2. The molecular weight excluding hydrogens is 177 g/mol. The van der Waals surface area contributed by atoms with Crippen LogP contribution in [0.3, 0.4) is 0 Å². The summed E-state index contributed by atoms with van der Waals surface area (Å²) in [6.45, 7) is 0. The van der Waals surface area contributed by atoms with Gasteiger partial charge in [0.1, 0.15) is 0 Å². The van der Waals surface area contributed by atoms with Gasteiger partial charge in [0.05, 0.1) is 16.7 Å². The molecule has 0 aliphatic carbocycles. The lowest BCUT2D eigenvalue weighted by Crippen LogP contribution is -1.94. The average molecular weight is 181 g/mol. The third kappa shape index (κ3) is 1.90. The Bertz CT molecular complexity index is 386. The maximum atomic E-state index is 12.9. The van der Waals surface area contributed by atoms with E-state index in [1.807, 2.05) is 5.32 Å². The van der Waals surface area contributed by atoms with Gasteiger partial charge in [-0.05, 0) is 6.07 Å². The third-order valence-corrected chi connectivity index (χ3v) is 1.35. The van der Waals surface area contributed by atoms with Crippen molar-refractivity contribution < 1.29 is 9.31 Å². The quantitative estimate of drug-likeness (QED) is 0.325. The first-order valence-electron chi connectivity index (χ1n) is 3.24. The summed E-state index contributed by atoms with van der Waals surface area (Å²) in [5, 5.41) is 20.4. The molecule has 0 spiro atoms. The van der Waals surface area contributed by atoms with Crippen LogP contribution in [-0.2, 0) is 0 Å². The lowest BCUT2D eigenvalue weighted by molar-refractivity contribution is -0.385. The van der Waals surface area contributed by atoms with Crippen LogP contribution in [0.1, 0.15) is 0 Å². The summed E-state index contributed by atoms with van der Waals surface area (Å²) in [7, 11) is 0. The van der Waals surface area contributed by atoms with Gasteiger partial charge in [-0.25, -0.2) is 4.39 Å². The predicted molar refractivity (Wildman–Crippen MR) is 42.3 cm³/mol. The molecule has 1 rings (SSSR count). The lowest BCUT2D eigenvalue weighted by Gasteiger charge is -1.98. The van der Waals surface area contributed by atoms with Crippen LogP contribution in [0.2, 0.25) is 0 Å². The number of non-ortho nitro benzene ring substituents is 1. The minimum Gasteiger partial charge on any atom is -0.290 e. The number of benzene rings is 1. The van der Waals surface area contributed by atoms with Crippen molar-refractivity contribution >= 4 is 11.4 Å². The van der Waals surface area contributed by atoms with Crippen molar-refractivity contribution in [1.82, 2.24) is 0 Å². The Kier molecular flexibility index (Phi) is 2.40. The first-order chi connectivity index (χ1) is 6.15. The molecule has 0 bridgehead atoms. The predicted octanol–water partition coefficient (Wildman–Crippen LogP) is 1.63. The van der Waals surface area contributed by atoms with Gasteiger partial charge in [0.15, 0.2) is 12.0 Å². The number of anilines is 1. The zero-order valence-corrected chi connectivity index (χ0v) is 6.32. The van der Waals surface area contributed by atoms with Crippen molar-refractivity contribution in [2.45, 2.75) is 0 Å². The van der Waals surface area contributed by atoms with Crippen molar-refractivity contribution in [3.05, 3.63) is 34.1 Å². The van der Waals surface area contributed by atoms with E-state index < -0.39 is 10.7 Å². The Morgan fingerprint density at radius 1 is 1.62 bits per heavy atom. The molecule has 0 heterocycles. The first-order valence-corrected chi connectivity index (χ1v) is 3.24. The average Bonchev–Trinajstić information content (AvgIpc) is 2.08. The second-order valence-electron chi connectivity index (χ2n) is 2.16. The molecule has 0 amide bonds. The summed E-state index contributed by atoms with van der Waals surface area (Å²) in [6.07, 6.45) is 1.51. The van der Waals surface area contributed by atoms with Crippen LogP contribution in [0, 0.1) is 27.4 Å². The Hall–Kier alpha value is -2.16. The van der Waals surface area contributed by atoms with Gasteiger partial charge in [-0.1, -0.05) is 0 Å². The smallest absolute Gasteiger partial charge is 0.272 e. The number of nitriles is 1. The van der Waals surface area contributed by atoms with E-state index in [0.717, 1.165) is 18.2 Å². The molecule has 1 aromatic carbocycles. The zero-order chi connectivity index (χ0) is 9.84. The Balaban J connectivity index is 3.07. The molecule has 6 heteroatoms. The van der Waals surface area contributed by atoms with Crippen LogP contribution in [0.4, 0.5) is 15.8 Å². The summed E-state index contributed by atoms with van der Waals surface area (Å²) < 4.78 is 12.9. The second-order valence-corrected chi connectivity index (χ2v) is 2.16. The van der Waals surface area contributed by atoms with E-state index in [1.165, 1.54) is 6.19 Å². The summed E-state index contributed by atoms with van der Waals surface area (Å²) in [6, 6.07) is 3.00. The Morgan fingerprint density at radius 3 is 2.77 bits per heavy atom. The molecule has 0 saturated carbocycles. The van der Waals surface area contributed by atoms with Gasteiger partial charge in [0, 0.05) is 6.07 Å². The molecule has 0 radical (unpaired) electrons. The highest BCUT2D eigenvalue weighted by Crippen LogP contribution is 2.19. The molecule has 0 aliphatic heterocycles. The van der Waals surface area contributed by atoms with Crippen molar-refractivity contribution in [1.29, 1.82) is 5.26 Å². The fraction of sp³-hybridized carbons (Fsp3) is 0. The van der Waals surface area contributed by atoms with E-state index in [4.69, 9.17) is 5.26 Å².